The molecule has 0 radical (unpaired) electrons. The molecule has 13 heteroatoms. The van der Waals surface area contributed by atoms with Crippen LogP contribution in [0.1, 0.15) is 66.2 Å². The minimum Gasteiger partial charge on any atom is -0.497 e. The Morgan fingerprint density at radius 3 is 2.45 bits per heavy atom. The van der Waals surface area contributed by atoms with Gasteiger partial charge in [0.25, 0.3) is 0 Å². The predicted molar refractivity (Wildman–Crippen MR) is 203 cm³/mol. The molecule has 284 valence electrons. The fraction of sp³-hybridized carbons (Fsp3) is 0.500. The molecule has 2 aromatic carbocycles. The van der Waals surface area contributed by atoms with Crippen molar-refractivity contribution in [2.75, 3.05) is 19.8 Å². The van der Waals surface area contributed by atoms with Crippen LogP contribution in [-0.4, -0.2) is 82.1 Å². The highest BCUT2D eigenvalue weighted by molar-refractivity contribution is 7.60. The van der Waals surface area contributed by atoms with Gasteiger partial charge in [0.2, 0.25) is 19.2 Å². The first-order valence-corrected chi connectivity index (χ1v) is 20.3. The number of carbonyl (C=O) groups excluding carboxylic acids is 3. The number of hydrogen-bond acceptors (Lipinski definition) is 8. The van der Waals surface area contributed by atoms with Crippen molar-refractivity contribution in [2.24, 2.45) is 11.3 Å². The lowest BCUT2D eigenvalue weighted by atomic mass is 9.85. The van der Waals surface area contributed by atoms with E-state index in [0.717, 1.165) is 36.6 Å². The molecule has 3 fully saturated rings. The van der Waals surface area contributed by atoms with Gasteiger partial charge in [0.1, 0.15) is 41.1 Å². The molecule has 2 aliphatic carbocycles. The SMILES string of the molecule is C=C[C@@H]1C[C@]1(NC(=O)[C@@H]1C[C@@H](Oc2cc(-c3ccccc3)nc3cc(OC)ccc23)CN1C(=O)[C@@H](NC(=O)OC1CCCC1)C(C)(C)C)P(=O)(O)CC. The van der Waals surface area contributed by atoms with Gasteiger partial charge in [0.05, 0.1) is 24.9 Å². The highest BCUT2D eigenvalue weighted by Crippen LogP contribution is 2.69. The molecule has 12 nitrogen and oxygen atoms in total. The molecular weight excluding hydrogens is 695 g/mol. The Balaban J connectivity index is 1.34. The average Bonchev–Trinajstić information content (AvgIpc) is 3.40. The van der Waals surface area contributed by atoms with Gasteiger partial charge in [0.15, 0.2) is 0 Å². The maximum Gasteiger partial charge on any atom is 0.408 e. The number of nitrogens with zero attached hydrogens (tertiary/aromatic N) is 2. The molecule has 3 aliphatic rings. The van der Waals surface area contributed by atoms with Crippen molar-refractivity contribution >= 4 is 36.2 Å². The Hall–Kier alpha value is -4.41. The first-order chi connectivity index (χ1) is 25.2. The van der Waals surface area contributed by atoms with Gasteiger partial charge in [-0.3, -0.25) is 14.2 Å². The molecule has 6 rings (SSSR count). The molecule has 0 spiro atoms. The number of methoxy groups -OCH3 is 1. The van der Waals surface area contributed by atoms with Crippen LogP contribution in [0.2, 0.25) is 0 Å². The molecule has 53 heavy (non-hydrogen) atoms. The number of ether oxygens (including phenoxy) is 3. The topological polar surface area (TPSA) is 156 Å². The Morgan fingerprint density at radius 1 is 1.11 bits per heavy atom. The van der Waals surface area contributed by atoms with Crippen LogP contribution in [0.4, 0.5) is 4.79 Å². The second kappa shape index (κ2) is 15.1. The lowest BCUT2D eigenvalue weighted by Crippen LogP contribution is -2.58. The largest absolute Gasteiger partial charge is 0.497 e. The van der Waals surface area contributed by atoms with Crippen LogP contribution in [0, 0.1) is 11.3 Å². The molecule has 1 saturated heterocycles. The summed E-state index contributed by atoms with van der Waals surface area (Å²) >= 11 is 0. The standard InChI is InChI=1S/C40H51N4O8P/c1-7-26-23-40(26,53(48,49)8-2)43-36(45)33-21-29(24-44(33)37(46)35(39(3,4)5)42-38(47)52-27-16-12-13-17-27)51-34-22-31(25-14-10-9-11-15-25)41-32-20-28(50-6)18-19-30(32)34/h7,9-11,14-15,18-20,22,26-27,29,33,35H,1,8,12-13,16-17,21,23-24H2,2-6H3,(H,42,47)(H,43,45)(H,48,49)/t26-,29-,33+,35-,40+/m1/s1. The average molecular weight is 747 g/mol. The Bertz CT molecular complexity index is 1910. The Labute approximate surface area is 311 Å². The number of rotatable bonds is 12. The fourth-order valence-electron chi connectivity index (χ4n) is 7.60. The van der Waals surface area contributed by atoms with E-state index in [-0.39, 0.29) is 37.6 Å². The van der Waals surface area contributed by atoms with Crippen molar-refractivity contribution in [3.63, 3.8) is 0 Å². The van der Waals surface area contributed by atoms with Crippen molar-refractivity contribution < 1.29 is 38.1 Å². The van der Waals surface area contributed by atoms with Crippen LogP contribution < -0.4 is 20.1 Å². The third-order valence-corrected chi connectivity index (χ3v) is 13.5. The summed E-state index contributed by atoms with van der Waals surface area (Å²) in [7, 11) is -2.24. The van der Waals surface area contributed by atoms with E-state index in [2.05, 4.69) is 17.2 Å². The van der Waals surface area contributed by atoms with Gasteiger partial charge >= 0.3 is 6.09 Å². The van der Waals surface area contributed by atoms with Crippen molar-refractivity contribution in [1.29, 1.82) is 0 Å². The molecular formula is C40H51N4O8P. The molecule has 3 amide bonds. The van der Waals surface area contributed by atoms with Crippen LogP contribution in [0.25, 0.3) is 22.2 Å². The summed E-state index contributed by atoms with van der Waals surface area (Å²) < 4.78 is 31.3. The number of likely N-dealkylation sites (tertiary alicyclic amines) is 1. The number of carbonyl (C=O) groups is 3. The summed E-state index contributed by atoms with van der Waals surface area (Å²) in [6.45, 7) is 11.0. The molecule has 3 N–H and O–H groups in total. The van der Waals surface area contributed by atoms with Gasteiger partial charge in [-0.2, -0.15) is 0 Å². The first kappa shape index (κ1) is 38.3. The summed E-state index contributed by atoms with van der Waals surface area (Å²) in [4.78, 5) is 59.4. The van der Waals surface area contributed by atoms with Gasteiger partial charge in [-0.25, -0.2) is 9.78 Å². The second-order valence-corrected chi connectivity index (χ2v) is 18.3. The Morgan fingerprint density at radius 2 is 1.83 bits per heavy atom. The number of amides is 3. The van der Waals surface area contributed by atoms with E-state index >= 15 is 0 Å². The molecule has 1 aromatic heterocycles. The lowest BCUT2D eigenvalue weighted by Gasteiger charge is -2.35. The number of aromatic nitrogens is 1. The van der Waals surface area contributed by atoms with E-state index in [4.69, 9.17) is 19.2 Å². The number of hydrogen-bond donors (Lipinski definition) is 3. The zero-order chi connectivity index (χ0) is 38.1. The normalized spacial score (nSPS) is 24.6. The molecule has 3 aromatic rings. The minimum atomic E-state index is -3.82. The maximum atomic E-state index is 14.6. The summed E-state index contributed by atoms with van der Waals surface area (Å²) in [6.07, 6.45) is 3.90. The van der Waals surface area contributed by atoms with E-state index in [1.54, 1.807) is 20.1 Å². The Kier molecular flexibility index (Phi) is 10.9. The molecule has 0 bridgehead atoms. The number of pyridine rings is 1. The second-order valence-electron chi connectivity index (χ2n) is 15.5. The van der Waals surface area contributed by atoms with Gasteiger partial charge in [-0.05, 0) is 49.7 Å². The number of nitrogens with one attached hydrogen (secondary N) is 2. The van der Waals surface area contributed by atoms with Crippen LogP contribution in [0.3, 0.4) is 0 Å². The number of fused-ring (bicyclic) bond motifs is 1. The van der Waals surface area contributed by atoms with Crippen LogP contribution >= 0.6 is 7.37 Å². The van der Waals surface area contributed by atoms with E-state index < -0.39 is 54.2 Å². The summed E-state index contributed by atoms with van der Waals surface area (Å²) in [5, 5.41) is 5.08. The molecule has 1 aliphatic heterocycles. The van der Waals surface area contributed by atoms with Gasteiger partial charge in [-0.1, -0.05) is 64.1 Å². The highest BCUT2D eigenvalue weighted by atomic mass is 31.2. The van der Waals surface area contributed by atoms with Gasteiger partial charge in [0, 0.05) is 41.6 Å². The van der Waals surface area contributed by atoms with Crippen LogP contribution in [0.15, 0.2) is 67.3 Å². The van der Waals surface area contributed by atoms with E-state index in [1.807, 2.05) is 75.4 Å². The monoisotopic (exact) mass is 746 g/mol. The van der Waals surface area contributed by atoms with E-state index in [9.17, 15) is 23.8 Å². The first-order valence-electron chi connectivity index (χ1n) is 18.4. The molecule has 1 unspecified atom stereocenters. The zero-order valence-electron chi connectivity index (χ0n) is 31.2. The summed E-state index contributed by atoms with van der Waals surface area (Å²) in [5.74, 6) is -0.286. The minimum absolute atomic E-state index is 0.0198. The van der Waals surface area contributed by atoms with Gasteiger partial charge < -0.3 is 34.6 Å². The quantitative estimate of drug-likeness (QED) is 0.136. The maximum absolute atomic E-state index is 14.6. The predicted octanol–water partition coefficient (Wildman–Crippen LogP) is 6.65. The van der Waals surface area contributed by atoms with Crippen LogP contribution in [-0.2, 0) is 18.9 Å². The summed E-state index contributed by atoms with van der Waals surface area (Å²) in [5.41, 5.74) is 1.43. The molecule has 2 saturated carbocycles. The number of alkyl carbamates (subject to hydrolysis) is 1. The fourth-order valence-corrected chi connectivity index (χ4v) is 9.56. The van der Waals surface area contributed by atoms with Crippen molar-refractivity contribution in [2.45, 2.75) is 95.8 Å². The van der Waals surface area contributed by atoms with E-state index in [0.29, 0.717) is 22.7 Å². The lowest BCUT2D eigenvalue weighted by molar-refractivity contribution is -0.142. The zero-order valence-corrected chi connectivity index (χ0v) is 32.1. The molecule has 2 heterocycles. The van der Waals surface area contributed by atoms with Crippen molar-refractivity contribution in [1.82, 2.24) is 20.5 Å². The number of benzene rings is 2. The van der Waals surface area contributed by atoms with E-state index in [1.165, 1.54) is 4.90 Å². The third-order valence-electron chi connectivity index (χ3n) is 10.8. The van der Waals surface area contributed by atoms with Crippen molar-refractivity contribution in [3.8, 4) is 22.8 Å². The smallest absolute Gasteiger partial charge is 0.408 e. The van der Waals surface area contributed by atoms with Crippen molar-refractivity contribution in [3.05, 3.63) is 67.3 Å². The highest BCUT2D eigenvalue weighted by Gasteiger charge is 2.65. The molecule has 6 atom stereocenters. The van der Waals surface area contributed by atoms with Crippen LogP contribution in [0.5, 0.6) is 11.5 Å². The summed E-state index contributed by atoms with van der Waals surface area (Å²) in [6, 6.07) is 14.9. The van der Waals surface area contributed by atoms with Gasteiger partial charge in [-0.15, -0.1) is 6.58 Å². The third kappa shape index (κ3) is 7.94.